The molecule has 2 aromatic carbocycles. The van der Waals surface area contributed by atoms with E-state index in [1.165, 1.54) is 0 Å². The molecule has 0 bridgehead atoms. The molecule has 5 nitrogen and oxygen atoms in total. The Balaban J connectivity index is 1.36. The number of hydrogen-bond acceptors (Lipinski definition) is 4. The van der Waals surface area contributed by atoms with Gasteiger partial charge in [-0.1, -0.05) is 24.3 Å². The first-order chi connectivity index (χ1) is 13.3. The molecule has 5 heteroatoms. The summed E-state index contributed by atoms with van der Waals surface area (Å²) in [5, 5.41) is 0. The number of nitrogens with zero attached hydrogens (tertiary/aromatic N) is 3. The minimum atomic E-state index is 0.0573. The van der Waals surface area contributed by atoms with Gasteiger partial charge in [0, 0.05) is 37.9 Å². The first-order valence-electron chi connectivity index (χ1n) is 9.08. The fraction of sp³-hybridized carbons (Fsp3) is 0.182. The highest BCUT2D eigenvalue weighted by Crippen LogP contribution is 2.22. The van der Waals surface area contributed by atoms with Gasteiger partial charge in [0.2, 0.25) is 0 Å². The van der Waals surface area contributed by atoms with E-state index in [2.05, 4.69) is 9.88 Å². The van der Waals surface area contributed by atoms with Crippen LogP contribution in [0.1, 0.15) is 10.4 Å². The molecule has 0 radical (unpaired) electrons. The van der Waals surface area contributed by atoms with Gasteiger partial charge in [0.05, 0.1) is 0 Å². The zero-order valence-corrected chi connectivity index (χ0v) is 15.0. The maximum Gasteiger partial charge on any atom is 0.253 e. The van der Waals surface area contributed by atoms with Crippen molar-refractivity contribution < 1.29 is 9.53 Å². The third-order valence-electron chi connectivity index (χ3n) is 4.62. The Kier molecular flexibility index (Phi) is 5.01. The molecular formula is C22H21N3O2. The van der Waals surface area contributed by atoms with E-state index in [9.17, 15) is 4.79 Å². The van der Waals surface area contributed by atoms with Crippen molar-refractivity contribution in [2.75, 3.05) is 31.1 Å². The van der Waals surface area contributed by atoms with Crippen LogP contribution in [0.5, 0.6) is 11.5 Å². The summed E-state index contributed by atoms with van der Waals surface area (Å²) < 4.78 is 5.78. The predicted octanol–water partition coefficient (Wildman–Crippen LogP) is 3.84. The average molecular weight is 359 g/mol. The Morgan fingerprint density at radius 2 is 1.44 bits per heavy atom. The number of pyridine rings is 1. The third-order valence-corrected chi connectivity index (χ3v) is 4.62. The summed E-state index contributed by atoms with van der Waals surface area (Å²) in [6.07, 6.45) is 1.80. The highest BCUT2D eigenvalue weighted by Gasteiger charge is 2.22. The maximum atomic E-state index is 12.8. The molecular weight excluding hydrogens is 338 g/mol. The number of rotatable bonds is 4. The fourth-order valence-corrected chi connectivity index (χ4v) is 3.15. The highest BCUT2D eigenvalue weighted by molar-refractivity contribution is 5.94. The fourth-order valence-electron chi connectivity index (χ4n) is 3.15. The van der Waals surface area contributed by atoms with E-state index < -0.39 is 0 Å². The van der Waals surface area contributed by atoms with Gasteiger partial charge in [-0.3, -0.25) is 4.79 Å². The topological polar surface area (TPSA) is 45.7 Å². The zero-order chi connectivity index (χ0) is 18.5. The van der Waals surface area contributed by atoms with Gasteiger partial charge in [0.1, 0.15) is 17.3 Å². The number of amides is 1. The van der Waals surface area contributed by atoms with Crippen molar-refractivity contribution in [1.82, 2.24) is 9.88 Å². The van der Waals surface area contributed by atoms with Gasteiger partial charge in [-0.15, -0.1) is 0 Å². The molecule has 1 fully saturated rings. The van der Waals surface area contributed by atoms with Crippen LogP contribution in [0.2, 0.25) is 0 Å². The number of aromatic nitrogens is 1. The number of carbonyl (C=O) groups excluding carboxylic acids is 1. The molecule has 1 aromatic heterocycles. The quantitative estimate of drug-likeness (QED) is 0.710. The van der Waals surface area contributed by atoms with Gasteiger partial charge in [0.15, 0.2) is 0 Å². The van der Waals surface area contributed by atoms with E-state index in [-0.39, 0.29) is 5.91 Å². The van der Waals surface area contributed by atoms with E-state index in [1.807, 2.05) is 77.7 Å². The van der Waals surface area contributed by atoms with E-state index in [4.69, 9.17) is 4.74 Å². The van der Waals surface area contributed by atoms with Gasteiger partial charge < -0.3 is 14.5 Å². The lowest BCUT2D eigenvalue weighted by atomic mass is 10.1. The molecule has 27 heavy (non-hydrogen) atoms. The number of benzene rings is 2. The van der Waals surface area contributed by atoms with Crippen molar-refractivity contribution in [2.45, 2.75) is 0 Å². The van der Waals surface area contributed by atoms with Crippen LogP contribution in [-0.4, -0.2) is 42.0 Å². The monoisotopic (exact) mass is 359 g/mol. The molecule has 1 amide bonds. The van der Waals surface area contributed by atoms with Crippen LogP contribution >= 0.6 is 0 Å². The molecule has 1 aliphatic rings. The summed E-state index contributed by atoms with van der Waals surface area (Å²) >= 11 is 0. The smallest absolute Gasteiger partial charge is 0.253 e. The van der Waals surface area contributed by atoms with Gasteiger partial charge in [-0.2, -0.15) is 0 Å². The van der Waals surface area contributed by atoms with Crippen molar-refractivity contribution in [2.24, 2.45) is 0 Å². The highest BCUT2D eigenvalue weighted by atomic mass is 16.5. The number of anilines is 1. The largest absolute Gasteiger partial charge is 0.457 e. The van der Waals surface area contributed by atoms with Gasteiger partial charge >= 0.3 is 0 Å². The summed E-state index contributed by atoms with van der Waals surface area (Å²) in [6, 6.07) is 22.8. The van der Waals surface area contributed by atoms with E-state index in [0.717, 1.165) is 30.4 Å². The Morgan fingerprint density at radius 1 is 0.778 bits per heavy atom. The van der Waals surface area contributed by atoms with Crippen LogP contribution < -0.4 is 9.64 Å². The molecule has 2 heterocycles. The summed E-state index contributed by atoms with van der Waals surface area (Å²) in [7, 11) is 0. The molecule has 136 valence electrons. The zero-order valence-electron chi connectivity index (χ0n) is 15.0. The molecule has 1 aliphatic heterocycles. The predicted molar refractivity (Wildman–Crippen MR) is 105 cm³/mol. The lowest BCUT2D eigenvalue weighted by Crippen LogP contribution is -2.49. The number of carbonyl (C=O) groups is 1. The lowest BCUT2D eigenvalue weighted by Gasteiger charge is -2.35. The van der Waals surface area contributed by atoms with E-state index >= 15 is 0 Å². The van der Waals surface area contributed by atoms with E-state index in [1.54, 1.807) is 6.20 Å². The molecule has 0 spiro atoms. The number of para-hydroxylation sites is 1. The summed E-state index contributed by atoms with van der Waals surface area (Å²) in [5.74, 6) is 2.52. The van der Waals surface area contributed by atoms with Gasteiger partial charge in [-0.05, 0) is 48.5 Å². The maximum absolute atomic E-state index is 12.8. The number of hydrogen-bond donors (Lipinski definition) is 0. The van der Waals surface area contributed by atoms with E-state index in [0.29, 0.717) is 18.7 Å². The van der Waals surface area contributed by atoms with Crippen LogP contribution in [0.15, 0.2) is 79.0 Å². The van der Waals surface area contributed by atoms with Crippen molar-refractivity contribution in [3.63, 3.8) is 0 Å². The Hall–Kier alpha value is -3.34. The Bertz CT molecular complexity index is 874. The summed E-state index contributed by atoms with van der Waals surface area (Å²) in [6.45, 7) is 2.96. The molecule has 0 aliphatic carbocycles. The number of piperazine rings is 1. The second-order valence-corrected chi connectivity index (χ2v) is 6.41. The van der Waals surface area contributed by atoms with Crippen LogP contribution in [0, 0.1) is 0 Å². The normalized spacial score (nSPS) is 14.1. The van der Waals surface area contributed by atoms with Crippen molar-refractivity contribution >= 4 is 11.7 Å². The van der Waals surface area contributed by atoms with Crippen molar-refractivity contribution in [1.29, 1.82) is 0 Å². The standard InChI is InChI=1S/C22H21N3O2/c26-22(25-16-14-24(15-17-25)21-8-4-5-13-23-21)18-9-11-20(12-10-18)27-19-6-2-1-3-7-19/h1-13H,14-17H2. The molecule has 1 saturated heterocycles. The average Bonchev–Trinajstić information content (AvgIpc) is 2.75. The van der Waals surface area contributed by atoms with Crippen LogP contribution in [0.4, 0.5) is 5.82 Å². The first-order valence-corrected chi connectivity index (χ1v) is 9.08. The minimum absolute atomic E-state index is 0.0573. The first kappa shape index (κ1) is 17.1. The van der Waals surface area contributed by atoms with Crippen molar-refractivity contribution in [3.05, 3.63) is 84.6 Å². The third kappa shape index (κ3) is 4.08. The van der Waals surface area contributed by atoms with Gasteiger partial charge in [-0.25, -0.2) is 4.98 Å². The van der Waals surface area contributed by atoms with Crippen LogP contribution in [0.3, 0.4) is 0 Å². The molecule has 0 unspecified atom stereocenters. The number of ether oxygens (including phenoxy) is 1. The molecule has 0 atom stereocenters. The molecule has 3 aromatic rings. The van der Waals surface area contributed by atoms with Crippen LogP contribution in [-0.2, 0) is 0 Å². The minimum Gasteiger partial charge on any atom is -0.457 e. The van der Waals surface area contributed by atoms with Gasteiger partial charge in [0.25, 0.3) is 5.91 Å². The van der Waals surface area contributed by atoms with Crippen LogP contribution in [0.25, 0.3) is 0 Å². The Morgan fingerprint density at radius 3 is 2.11 bits per heavy atom. The van der Waals surface area contributed by atoms with Crippen molar-refractivity contribution in [3.8, 4) is 11.5 Å². The second-order valence-electron chi connectivity index (χ2n) is 6.41. The Labute approximate surface area is 158 Å². The molecule has 4 rings (SSSR count). The second kappa shape index (κ2) is 7.91. The summed E-state index contributed by atoms with van der Waals surface area (Å²) in [5.41, 5.74) is 0.682. The molecule has 0 N–H and O–H groups in total. The molecule has 0 saturated carbocycles. The summed E-state index contributed by atoms with van der Waals surface area (Å²) in [4.78, 5) is 21.3. The SMILES string of the molecule is O=C(c1ccc(Oc2ccccc2)cc1)N1CCN(c2ccccn2)CC1. The lowest BCUT2D eigenvalue weighted by molar-refractivity contribution is 0.0746.